The number of hydrogen-bond acceptors (Lipinski definition) is 0. The third-order valence-electron chi connectivity index (χ3n) is 8.00. The van der Waals surface area contributed by atoms with Crippen LogP contribution in [0.3, 0.4) is 0 Å². The van der Waals surface area contributed by atoms with Crippen LogP contribution in [0.4, 0.5) is 0 Å². The number of fused-ring (bicyclic) bond motifs is 5. The maximum absolute atomic E-state index is 2.28. The summed E-state index contributed by atoms with van der Waals surface area (Å²) in [6.07, 6.45) is 16.6. The molecular formula is C36H60. The van der Waals surface area contributed by atoms with E-state index < -0.39 is 0 Å². The zero-order valence-corrected chi connectivity index (χ0v) is 25.4. The van der Waals surface area contributed by atoms with Crippen molar-refractivity contribution in [3.8, 4) is 0 Å². The van der Waals surface area contributed by atoms with Gasteiger partial charge in [-0.3, -0.25) is 0 Å². The quantitative estimate of drug-likeness (QED) is 0.398. The summed E-state index contributed by atoms with van der Waals surface area (Å²) in [5.41, 5.74) is 5.74. The van der Waals surface area contributed by atoms with E-state index in [4.69, 9.17) is 0 Å². The first-order chi connectivity index (χ1) is 17.5. The van der Waals surface area contributed by atoms with Crippen molar-refractivity contribution in [2.75, 3.05) is 0 Å². The van der Waals surface area contributed by atoms with Crippen LogP contribution in [0.5, 0.6) is 0 Å². The molecule has 3 saturated carbocycles. The molecule has 0 heterocycles. The molecular weight excluding hydrogens is 432 g/mol. The average molecular weight is 493 g/mol. The molecule has 0 amide bonds. The Morgan fingerprint density at radius 1 is 0.500 bits per heavy atom. The molecule has 2 aromatic rings. The lowest BCUT2D eigenvalue weighted by Gasteiger charge is -2.23. The van der Waals surface area contributed by atoms with Crippen molar-refractivity contribution in [1.82, 2.24) is 0 Å². The van der Waals surface area contributed by atoms with Gasteiger partial charge in [0.2, 0.25) is 0 Å². The molecule has 0 spiro atoms. The molecule has 0 saturated heterocycles. The smallest absolute Gasteiger partial charge is 0.0307 e. The molecule has 4 unspecified atom stereocenters. The van der Waals surface area contributed by atoms with Crippen LogP contribution in [0.25, 0.3) is 0 Å². The van der Waals surface area contributed by atoms with Crippen molar-refractivity contribution in [1.29, 1.82) is 0 Å². The van der Waals surface area contributed by atoms with Gasteiger partial charge in [0.15, 0.2) is 0 Å². The molecule has 3 fully saturated rings. The summed E-state index contributed by atoms with van der Waals surface area (Å²) in [5.74, 6) is 4.80. The molecule has 5 rings (SSSR count). The van der Waals surface area contributed by atoms with Gasteiger partial charge in [-0.25, -0.2) is 0 Å². The van der Waals surface area contributed by atoms with Crippen LogP contribution in [0.15, 0.2) is 48.5 Å². The lowest BCUT2D eigenvalue weighted by atomic mass is 9.82. The van der Waals surface area contributed by atoms with Crippen molar-refractivity contribution >= 4 is 0 Å². The van der Waals surface area contributed by atoms with Gasteiger partial charge < -0.3 is 0 Å². The highest BCUT2D eigenvalue weighted by atomic mass is 14.5. The van der Waals surface area contributed by atoms with Gasteiger partial charge in [0.1, 0.15) is 0 Å². The summed E-state index contributed by atoms with van der Waals surface area (Å²) < 4.78 is 0. The lowest BCUT2D eigenvalue weighted by molar-refractivity contribution is 0.259. The van der Waals surface area contributed by atoms with Gasteiger partial charge in [0.25, 0.3) is 0 Å². The zero-order valence-electron chi connectivity index (χ0n) is 25.4. The Bertz CT molecular complexity index is 711. The molecule has 0 radical (unpaired) electrons. The average Bonchev–Trinajstić information content (AvgIpc) is 3.67. The topological polar surface area (TPSA) is 0 Å². The van der Waals surface area contributed by atoms with E-state index in [2.05, 4.69) is 104 Å². The second-order valence-electron chi connectivity index (χ2n) is 11.1. The fraction of sp³-hybridized carbons (Fsp3) is 0.667. The predicted molar refractivity (Wildman–Crippen MR) is 164 cm³/mol. The second kappa shape index (κ2) is 19.5. The molecule has 36 heavy (non-hydrogen) atoms. The molecule has 3 aliphatic rings. The van der Waals surface area contributed by atoms with E-state index in [0.717, 1.165) is 25.7 Å². The first-order valence-corrected chi connectivity index (χ1v) is 15.7. The molecule has 0 nitrogen and oxygen atoms in total. The molecule has 4 atom stereocenters. The molecule has 2 bridgehead atoms. The van der Waals surface area contributed by atoms with Gasteiger partial charge in [-0.15, -0.1) is 0 Å². The van der Waals surface area contributed by atoms with Crippen LogP contribution in [0, 0.1) is 23.7 Å². The second-order valence-corrected chi connectivity index (χ2v) is 11.1. The minimum atomic E-state index is 1.14. The summed E-state index contributed by atoms with van der Waals surface area (Å²) in [6, 6.07) is 17.6. The van der Waals surface area contributed by atoms with Gasteiger partial charge in [-0.1, -0.05) is 123 Å². The standard InChI is InChI=1S/C10H16.2C10H14.2C3H8/c1-2-9-7-4-5-8(6-7)10(9)3-1;1-3-9-5-7-10(4-2)8-6-9;1-3-9-6-5-7-10(4-2)8-9;2*1-3-2/h7-10H,1-6H2;2*5-8H,3-4H2,1-2H3;2*3H2,1-2H3. The normalized spacial score (nSPS) is 22.4. The molecule has 0 aromatic heterocycles. The minimum absolute atomic E-state index is 1.14. The summed E-state index contributed by atoms with van der Waals surface area (Å²) >= 11 is 0. The van der Waals surface area contributed by atoms with E-state index in [1.165, 1.54) is 58.8 Å². The van der Waals surface area contributed by atoms with Crippen LogP contribution in [-0.2, 0) is 25.7 Å². The SMILES string of the molecule is C1CC2C3CCC(C3)C2C1.CCC.CCC.CCc1ccc(CC)cc1.CCc1cccc(CC)c1. The van der Waals surface area contributed by atoms with Gasteiger partial charge in [-0.2, -0.15) is 0 Å². The predicted octanol–water partition coefficient (Wildman–Crippen LogP) is 11.3. The number of benzene rings is 2. The summed E-state index contributed by atoms with van der Waals surface area (Å²) in [6.45, 7) is 17.2. The van der Waals surface area contributed by atoms with E-state index >= 15 is 0 Å². The van der Waals surface area contributed by atoms with E-state index in [-0.39, 0.29) is 0 Å². The van der Waals surface area contributed by atoms with Crippen LogP contribution >= 0.6 is 0 Å². The van der Waals surface area contributed by atoms with E-state index in [1.54, 1.807) is 38.5 Å². The van der Waals surface area contributed by atoms with Gasteiger partial charge in [0, 0.05) is 0 Å². The lowest BCUT2D eigenvalue weighted by Crippen LogP contribution is -2.15. The molecule has 3 aliphatic carbocycles. The molecule has 204 valence electrons. The maximum atomic E-state index is 2.28. The highest BCUT2D eigenvalue weighted by molar-refractivity contribution is 5.23. The van der Waals surface area contributed by atoms with Crippen molar-refractivity contribution in [2.45, 2.75) is 132 Å². The minimum Gasteiger partial charge on any atom is -0.0656 e. The Morgan fingerprint density at radius 3 is 1.19 bits per heavy atom. The van der Waals surface area contributed by atoms with E-state index in [0.29, 0.717) is 0 Å². The summed E-state index contributed by atoms with van der Waals surface area (Å²) in [7, 11) is 0. The number of aryl methyl sites for hydroxylation is 4. The van der Waals surface area contributed by atoms with Crippen molar-refractivity contribution < 1.29 is 0 Å². The Hall–Kier alpha value is -1.56. The van der Waals surface area contributed by atoms with Crippen LogP contribution < -0.4 is 0 Å². The number of hydrogen-bond donors (Lipinski definition) is 0. The summed E-state index contributed by atoms with van der Waals surface area (Å²) in [4.78, 5) is 0. The van der Waals surface area contributed by atoms with Gasteiger partial charge in [-0.05, 0) is 104 Å². The van der Waals surface area contributed by atoms with Gasteiger partial charge >= 0.3 is 0 Å². The Morgan fingerprint density at radius 2 is 0.861 bits per heavy atom. The van der Waals surface area contributed by atoms with Crippen LogP contribution in [-0.4, -0.2) is 0 Å². The van der Waals surface area contributed by atoms with E-state index in [9.17, 15) is 0 Å². The molecule has 0 N–H and O–H groups in total. The third kappa shape index (κ3) is 11.2. The monoisotopic (exact) mass is 492 g/mol. The highest BCUT2D eigenvalue weighted by Crippen LogP contribution is 2.58. The molecule has 0 heteroatoms. The Kier molecular flexibility index (Phi) is 17.6. The Labute approximate surface area is 226 Å². The zero-order chi connectivity index (χ0) is 26.8. The maximum Gasteiger partial charge on any atom is -0.0307 e. The highest BCUT2D eigenvalue weighted by Gasteiger charge is 2.48. The summed E-state index contributed by atoms with van der Waals surface area (Å²) in [5, 5.41) is 0. The third-order valence-corrected chi connectivity index (χ3v) is 8.00. The first kappa shape index (κ1) is 32.5. The van der Waals surface area contributed by atoms with Crippen molar-refractivity contribution in [3.05, 3.63) is 70.8 Å². The van der Waals surface area contributed by atoms with Gasteiger partial charge in [0.05, 0.1) is 0 Å². The van der Waals surface area contributed by atoms with Crippen LogP contribution in [0.1, 0.15) is 129 Å². The Balaban J connectivity index is 0.000000243. The molecule has 2 aromatic carbocycles. The van der Waals surface area contributed by atoms with Crippen LogP contribution in [0.2, 0.25) is 0 Å². The van der Waals surface area contributed by atoms with Crippen molar-refractivity contribution in [3.63, 3.8) is 0 Å². The number of rotatable bonds is 4. The first-order valence-electron chi connectivity index (χ1n) is 15.7. The van der Waals surface area contributed by atoms with E-state index in [1.807, 2.05) is 0 Å². The largest absolute Gasteiger partial charge is 0.0656 e. The fourth-order valence-corrected chi connectivity index (χ4v) is 6.10. The van der Waals surface area contributed by atoms with Crippen molar-refractivity contribution in [2.24, 2.45) is 23.7 Å². The molecule has 0 aliphatic heterocycles. The fourth-order valence-electron chi connectivity index (χ4n) is 6.10.